The van der Waals surface area contributed by atoms with E-state index < -0.39 is 23.7 Å². The van der Waals surface area contributed by atoms with Gasteiger partial charge in [-0.05, 0) is 12.8 Å². The van der Waals surface area contributed by atoms with Gasteiger partial charge in [0.05, 0.1) is 117 Å². The molecule has 7 aliphatic heterocycles. The lowest BCUT2D eigenvalue weighted by atomic mass is 9.88. The van der Waals surface area contributed by atoms with Gasteiger partial charge < -0.3 is 84.5 Å². The van der Waals surface area contributed by atoms with E-state index in [9.17, 15) is 15.3 Å². The maximum atomic E-state index is 10.5. The molecule has 7 rings (SSSR count). The maximum absolute atomic E-state index is 10.5. The van der Waals surface area contributed by atoms with E-state index >= 15 is 0 Å². The Bertz CT molecular complexity index is 1060. The quantitative estimate of drug-likeness (QED) is 0.0316. The second kappa shape index (κ2) is 33.0. The molecule has 20 nitrogen and oxygen atoms in total. The maximum Gasteiger partial charge on any atom is 0.104 e. The fraction of sp³-hybridized carbons (Fsp3) is 1.00. The third-order valence-electron chi connectivity index (χ3n) is 13.0. The molecule has 66 heavy (non-hydrogen) atoms. The Labute approximate surface area is 396 Å². The van der Waals surface area contributed by atoms with Crippen LogP contribution in [0.2, 0.25) is 0 Å². The molecule has 6 atom stereocenters. The molecule has 0 aromatic carbocycles. The molecule has 7 saturated heterocycles. The van der Waals surface area contributed by atoms with Crippen LogP contribution in [-0.4, -0.2) is 290 Å². The highest BCUT2D eigenvalue weighted by Gasteiger charge is 2.35. The smallest absolute Gasteiger partial charge is 0.104 e. The van der Waals surface area contributed by atoms with Crippen LogP contribution >= 0.6 is 0 Å². The first-order valence-electron chi connectivity index (χ1n) is 25.3. The average molecular weight is 949 g/mol. The lowest BCUT2D eigenvalue weighted by Crippen LogP contribution is -2.48. The molecule has 8 N–H and O–H groups in total. The minimum absolute atomic E-state index is 0.0985. The highest BCUT2D eigenvalue weighted by atomic mass is 16.6. The topological polar surface area (TPSA) is 224 Å². The molecule has 0 amide bonds. The number of aliphatic hydroxyl groups is 3. The van der Waals surface area contributed by atoms with Gasteiger partial charge in [-0.25, -0.2) is 0 Å². The predicted molar refractivity (Wildman–Crippen MR) is 251 cm³/mol. The zero-order chi connectivity index (χ0) is 46.6. The number of β-amino-alcohol motifs (C(OH)–C–C–N with tert-alkyl or cyclic N) is 3. The van der Waals surface area contributed by atoms with E-state index in [4.69, 9.17) is 42.6 Å². The molecule has 0 radical (unpaired) electrons. The van der Waals surface area contributed by atoms with Crippen molar-refractivity contribution in [2.45, 2.75) is 63.3 Å². The standard InChI is InChI=1S/C27H56N6O6.C15H26O6.C4H10N2/c1-2-27(21-37-18-24(34)15-31-9-3-28-4-10-31,22-38-19-25(35)16-32-11-5-29-6-12-32)23-39-20-26(36)17-33-13-7-30-8-14-33;1-2-15(9-16-3-12-6-19-12,10-17-4-13-7-20-13)11-18-5-14-8-21-14;1-2-6-4-3-5-1/h24-26,28-30,34-36H,2-23H2,1H3;12-14H,2-11H2,1H3;5-6H,1-4H2. The predicted octanol–water partition coefficient (Wildman–Crippen LogP) is -2.96. The molecule has 0 aliphatic carbocycles. The molecule has 0 spiro atoms. The number of hydrogen-bond acceptors (Lipinski definition) is 20. The van der Waals surface area contributed by atoms with E-state index in [-0.39, 0.29) is 25.2 Å². The third-order valence-corrected chi connectivity index (χ3v) is 13.0. The second-order valence-corrected chi connectivity index (χ2v) is 19.3. The minimum Gasteiger partial charge on any atom is -0.389 e. The van der Waals surface area contributed by atoms with Crippen molar-refractivity contribution in [1.82, 2.24) is 41.3 Å². The van der Waals surface area contributed by atoms with Crippen molar-refractivity contribution < 1.29 is 58.0 Å². The van der Waals surface area contributed by atoms with Gasteiger partial charge in [0.15, 0.2) is 0 Å². The third kappa shape index (κ3) is 25.4. The Hall–Kier alpha value is -0.800. The van der Waals surface area contributed by atoms with E-state index in [0.717, 1.165) is 137 Å². The van der Waals surface area contributed by atoms with E-state index in [0.29, 0.717) is 97.4 Å². The molecule has 0 saturated carbocycles. The van der Waals surface area contributed by atoms with E-state index in [1.54, 1.807) is 0 Å². The van der Waals surface area contributed by atoms with Gasteiger partial charge in [0, 0.05) is 135 Å². The number of nitrogens with zero attached hydrogens (tertiary/aromatic N) is 3. The number of rotatable bonds is 32. The molecule has 7 heterocycles. The molecule has 7 aliphatic rings. The van der Waals surface area contributed by atoms with Crippen molar-refractivity contribution in [2.24, 2.45) is 10.8 Å². The summed E-state index contributed by atoms with van der Waals surface area (Å²) in [5, 5.41) is 48.1. The Morgan fingerprint density at radius 3 is 0.894 bits per heavy atom. The normalized spacial score (nSPS) is 27.0. The van der Waals surface area contributed by atoms with Crippen molar-refractivity contribution in [3.63, 3.8) is 0 Å². The SMILES string of the molecule is C1CNCCN1.CCC(COCC(O)CN1CCNCC1)(COCC(O)CN1CCNCC1)COCC(O)CN1CCNCC1.CCC(COCC1CO1)(COCC1CO1)COCC1CO1. The summed E-state index contributed by atoms with van der Waals surface area (Å²) in [6.07, 6.45) is 0.921. The highest BCUT2D eigenvalue weighted by Crippen LogP contribution is 2.27. The molecular formula is C46H92N8O12. The van der Waals surface area contributed by atoms with Crippen LogP contribution in [0.15, 0.2) is 0 Å². The van der Waals surface area contributed by atoms with Gasteiger partial charge in [-0.1, -0.05) is 13.8 Å². The first-order chi connectivity index (χ1) is 32.3. The zero-order valence-corrected chi connectivity index (χ0v) is 40.8. The molecule has 388 valence electrons. The van der Waals surface area contributed by atoms with Crippen molar-refractivity contribution in [1.29, 1.82) is 0 Å². The summed E-state index contributed by atoms with van der Waals surface area (Å²) in [6.45, 7) is 30.2. The van der Waals surface area contributed by atoms with Gasteiger partial charge in [-0.2, -0.15) is 0 Å². The molecular weight excluding hydrogens is 857 g/mol. The number of ether oxygens (including phenoxy) is 9. The number of epoxide rings is 3. The van der Waals surface area contributed by atoms with Crippen molar-refractivity contribution in [3.8, 4) is 0 Å². The van der Waals surface area contributed by atoms with Crippen LogP contribution in [-0.2, 0) is 42.6 Å². The van der Waals surface area contributed by atoms with E-state index in [1.165, 1.54) is 0 Å². The van der Waals surface area contributed by atoms with Gasteiger partial charge in [-0.3, -0.25) is 14.7 Å². The summed E-state index contributed by atoms with van der Waals surface area (Å²) in [7, 11) is 0. The summed E-state index contributed by atoms with van der Waals surface area (Å²) < 4.78 is 51.1. The van der Waals surface area contributed by atoms with E-state index in [2.05, 4.69) is 55.1 Å². The summed E-state index contributed by atoms with van der Waals surface area (Å²) in [5.74, 6) is 0. The Kier molecular flexibility index (Phi) is 28.0. The summed E-state index contributed by atoms with van der Waals surface area (Å²) in [5.41, 5.74) is -0.531. The van der Waals surface area contributed by atoms with Crippen LogP contribution in [0.1, 0.15) is 26.7 Å². The monoisotopic (exact) mass is 949 g/mol. The van der Waals surface area contributed by atoms with Gasteiger partial charge in [0.25, 0.3) is 0 Å². The zero-order valence-electron chi connectivity index (χ0n) is 40.8. The Morgan fingerprint density at radius 1 is 0.424 bits per heavy atom. The number of aliphatic hydroxyl groups excluding tert-OH is 3. The molecule has 6 unspecified atom stereocenters. The summed E-state index contributed by atoms with van der Waals surface area (Å²) in [6, 6.07) is 0. The largest absolute Gasteiger partial charge is 0.389 e. The number of hydrogen-bond donors (Lipinski definition) is 8. The number of piperazine rings is 4. The molecule has 0 aromatic rings. The summed E-state index contributed by atoms with van der Waals surface area (Å²) in [4.78, 5) is 6.76. The van der Waals surface area contributed by atoms with Gasteiger partial charge in [0.2, 0.25) is 0 Å². The van der Waals surface area contributed by atoms with Crippen LogP contribution in [0.4, 0.5) is 0 Å². The Morgan fingerprint density at radius 2 is 0.667 bits per heavy atom. The van der Waals surface area contributed by atoms with Crippen LogP contribution in [0.25, 0.3) is 0 Å². The minimum atomic E-state index is -0.554. The number of nitrogens with one attached hydrogen (secondary N) is 5. The fourth-order valence-electron chi connectivity index (χ4n) is 8.15. The van der Waals surface area contributed by atoms with E-state index in [1.807, 2.05) is 0 Å². The first-order valence-corrected chi connectivity index (χ1v) is 25.3. The first kappa shape index (κ1) is 56.1. The fourth-order valence-corrected chi connectivity index (χ4v) is 8.15. The molecule has 7 fully saturated rings. The lowest BCUT2D eigenvalue weighted by molar-refractivity contribution is -0.104. The summed E-state index contributed by atoms with van der Waals surface area (Å²) >= 11 is 0. The van der Waals surface area contributed by atoms with Gasteiger partial charge >= 0.3 is 0 Å². The van der Waals surface area contributed by atoms with Crippen molar-refractivity contribution >= 4 is 0 Å². The second-order valence-electron chi connectivity index (χ2n) is 19.3. The van der Waals surface area contributed by atoms with Gasteiger partial charge in [-0.15, -0.1) is 0 Å². The Balaban J connectivity index is 0.000000248. The van der Waals surface area contributed by atoms with Crippen molar-refractivity contribution in [2.75, 3.05) is 223 Å². The van der Waals surface area contributed by atoms with Crippen LogP contribution in [0, 0.1) is 10.8 Å². The molecule has 20 heteroatoms. The molecule has 0 bridgehead atoms. The van der Waals surface area contributed by atoms with Crippen LogP contribution in [0.5, 0.6) is 0 Å². The van der Waals surface area contributed by atoms with Gasteiger partial charge in [0.1, 0.15) is 18.3 Å². The van der Waals surface area contributed by atoms with Crippen molar-refractivity contribution in [3.05, 3.63) is 0 Å². The lowest BCUT2D eigenvalue weighted by Gasteiger charge is -2.34. The van der Waals surface area contributed by atoms with Crippen LogP contribution in [0.3, 0.4) is 0 Å². The van der Waals surface area contributed by atoms with Crippen LogP contribution < -0.4 is 26.6 Å². The average Bonchev–Trinajstić information content (AvgIpc) is 4.19. The molecule has 0 aromatic heterocycles. The highest BCUT2D eigenvalue weighted by molar-refractivity contribution is 4.82.